The predicted molar refractivity (Wildman–Crippen MR) is 80.2 cm³/mol. The fourth-order valence-corrected chi connectivity index (χ4v) is 1.90. The average Bonchev–Trinajstić information content (AvgIpc) is 2.36. The number of nitrogens with zero attached hydrogens (tertiary/aromatic N) is 2. The van der Waals surface area contributed by atoms with Gasteiger partial charge in [0.15, 0.2) is 0 Å². The minimum Gasteiger partial charge on any atom is -0.378 e. The Hall–Kier alpha value is -1.06. The number of hydrogen-bond donors (Lipinski definition) is 1. The van der Waals surface area contributed by atoms with Crippen LogP contribution in [0.3, 0.4) is 0 Å². The summed E-state index contributed by atoms with van der Waals surface area (Å²) in [6.07, 6.45) is 0. The summed E-state index contributed by atoms with van der Waals surface area (Å²) in [6.45, 7) is 7.54. The van der Waals surface area contributed by atoms with E-state index in [1.807, 2.05) is 0 Å². The van der Waals surface area contributed by atoms with Crippen LogP contribution in [0.4, 0.5) is 5.69 Å². The van der Waals surface area contributed by atoms with Gasteiger partial charge in [0.25, 0.3) is 0 Å². The molecule has 1 unspecified atom stereocenters. The molecule has 3 nitrogen and oxygen atoms in total. The van der Waals surface area contributed by atoms with Crippen LogP contribution in [0.15, 0.2) is 24.3 Å². The summed E-state index contributed by atoms with van der Waals surface area (Å²) in [6, 6.07) is 9.19. The summed E-state index contributed by atoms with van der Waals surface area (Å²) in [7, 11) is 6.31. The molecular formula is C15H27N3. The van der Waals surface area contributed by atoms with Crippen molar-refractivity contribution in [3.05, 3.63) is 29.8 Å². The third-order valence-corrected chi connectivity index (χ3v) is 3.21. The van der Waals surface area contributed by atoms with Crippen molar-refractivity contribution in [3.63, 3.8) is 0 Å². The van der Waals surface area contributed by atoms with Crippen molar-refractivity contribution in [2.75, 3.05) is 39.1 Å². The summed E-state index contributed by atoms with van der Waals surface area (Å²) in [4.78, 5) is 4.46. The van der Waals surface area contributed by atoms with Crippen LogP contribution < -0.4 is 10.2 Å². The molecule has 0 heterocycles. The first-order valence-electron chi connectivity index (χ1n) is 6.71. The maximum absolute atomic E-state index is 3.57. The second-order valence-corrected chi connectivity index (χ2v) is 5.20. The highest BCUT2D eigenvalue weighted by Gasteiger charge is 2.04. The Morgan fingerprint density at radius 1 is 1.22 bits per heavy atom. The van der Waals surface area contributed by atoms with Crippen LogP contribution >= 0.6 is 0 Å². The third kappa shape index (κ3) is 5.07. The van der Waals surface area contributed by atoms with Crippen LogP contribution in [-0.4, -0.2) is 45.2 Å². The average molecular weight is 249 g/mol. The SMILES string of the molecule is CCN(C)CC(C)NCc1cccc(N(C)C)c1. The molecule has 0 fully saturated rings. The Kier molecular flexibility index (Phi) is 6.16. The fourth-order valence-electron chi connectivity index (χ4n) is 1.90. The van der Waals surface area contributed by atoms with E-state index in [-0.39, 0.29) is 0 Å². The second kappa shape index (κ2) is 7.39. The molecule has 1 atom stereocenters. The summed E-state index contributed by atoms with van der Waals surface area (Å²) in [5.74, 6) is 0. The highest BCUT2D eigenvalue weighted by atomic mass is 15.1. The number of nitrogens with one attached hydrogen (secondary N) is 1. The van der Waals surface area contributed by atoms with Gasteiger partial charge in [0.05, 0.1) is 0 Å². The Balaban J connectivity index is 2.45. The van der Waals surface area contributed by atoms with Crippen molar-refractivity contribution in [2.45, 2.75) is 26.4 Å². The largest absolute Gasteiger partial charge is 0.378 e. The first-order chi connectivity index (χ1) is 8.52. The molecule has 0 radical (unpaired) electrons. The van der Waals surface area contributed by atoms with Crippen molar-refractivity contribution < 1.29 is 0 Å². The van der Waals surface area contributed by atoms with E-state index in [0.717, 1.165) is 19.6 Å². The number of hydrogen-bond acceptors (Lipinski definition) is 3. The van der Waals surface area contributed by atoms with Gasteiger partial charge >= 0.3 is 0 Å². The molecule has 3 heteroatoms. The molecule has 102 valence electrons. The lowest BCUT2D eigenvalue weighted by atomic mass is 10.2. The van der Waals surface area contributed by atoms with E-state index in [4.69, 9.17) is 0 Å². The van der Waals surface area contributed by atoms with Crippen LogP contribution in [0, 0.1) is 0 Å². The fraction of sp³-hybridized carbons (Fsp3) is 0.600. The molecule has 1 aromatic carbocycles. The van der Waals surface area contributed by atoms with Crippen LogP contribution in [0.5, 0.6) is 0 Å². The van der Waals surface area contributed by atoms with Crippen molar-refractivity contribution in [2.24, 2.45) is 0 Å². The zero-order valence-corrected chi connectivity index (χ0v) is 12.4. The van der Waals surface area contributed by atoms with E-state index in [1.165, 1.54) is 11.3 Å². The molecule has 1 aromatic rings. The van der Waals surface area contributed by atoms with Gasteiger partial charge in [-0.2, -0.15) is 0 Å². The van der Waals surface area contributed by atoms with Gasteiger partial charge in [0, 0.05) is 38.9 Å². The van der Waals surface area contributed by atoms with Gasteiger partial charge in [-0.1, -0.05) is 19.1 Å². The summed E-state index contributed by atoms with van der Waals surface area (Å²) < 4.78 is 0. The molecule has 0 bridgehead atoms. The molecule has 0 aliphatic rings. The Labute approximate surface area is 112 Å². The lowest BCUT2D eigenvalue weighted by molar-refractivity contribution is 0.309. The highest BCUT2D eigenvalue weighted by Crippen LogP contribution is 2.13. The van der Waals surface area contributed by atoms with Crippen molar-refractivity contribution in [1.29, 1.82) is 0 Å². The molecule has 0 saturated heterocycles. The van der Waals surface area contributed by atoms with Gasteiger partial charge in [0.2, 0.25) is 0 Å². The van der Waals surface area contributed by atoms with Crippen LogP contribution in [0.25, 0.3) is 0 Å². The van der Waals surface area contributed by atoms with Crippen molar-refractivity contribution in [3.8, 4) is 0 Å². The lowest BCUT2D eigenvalue weighted by Crippen LogP contribution is -2.36. The first kappa shape index (κ1) is 15.0. The smallest absolute Gasteiger partial charge is 0.0364 e. The zero-order valence-electron chi connectivity index (χ0n) is 12.4. The van der Waals surface area contributed by atoms with E-state index in [9.17, 15) is 0 Å². The first-order valence-corrected chi connectivity index (χ1v) is 6.71. The highest BCUT2D eigenvalue weighted by molar-refractivity contribution is 5.47. The number of likely N-dealkylation sites (N-methyl/N-ethyl adjacent to an activating group) is 1. The molecule has 1 rings (SSSR count). The number of anilines is 1. The Morgan fingerprint density at radius 3 is 2.56 bits per heavy atom. The molecule has 0 saturated carbocycles. The summed E-state index contributed by atoms with van der Waals surface area (Å²) >= 11 is 0. The van der Waals surface area contributed by atoms with Crippen LogP contribution in [0.2, 0.25) is 0 Å². The van der Waals surface area contributed by atoms with E-state index in [1.54, 1.807) is 0 Å². The predicted octanol–water partition coefficient (Wildman–Crippen LogP) is 2.18. The van der Waals surface area contributed by atoms with Gasteiger partial charge < -0.3 is 15.1 Å². The van der Waals surface area contributed by atoms with Gasteiger partial charge in [0.1, 0.15) is 0 Å². The molecular weight excluding hydrogens is 222 g/mol. The Bertz CT molecular complexity index is 349. The van der Waals surface area contributed by atoms with Gasteiger partial charge in [-0.3, -0.25) is 0 Å². The summed E-state index contributed by atoms with van der Waals surface area (Å²) in [5, 5.41) is 3.57. The normalized spacial score (nSPS) is 12.8. The van der Waals surface area contributed by atoms with E-state index in [2.05, 4.69) is 74.4 Å². The van der Waals surface area contributed by atoms with E-state index >= 15 is 0 Å². The number of rotatable bonds is 7. The molecule has 0 aliphatic heterocycles. The molecule has 1 N–H and O–H groups in total. The van der Waals surface area contributed by atoms with Gasteiger partial charge in [-0.05, 0) is 38.2 Å². The van der Waals surface area contributed by atoms with Crippen LogP contribution in [-0.2, 0) is 6.54 Å². The number of benzene rings is 1. The molecule has 0 amide bonds. The zero-order chi connectivity index (χ0) is 13.5. The third-order valence-electron chi connectivity index (χ3n) is 3.21. The lowest BCUT2D eigenvalue weighted by Gasteiger charge is -2.21. The molecule has 0 aromatic heterocycles. The van der Waals surface area contributed by atoms with E-state index in [0.29, 0.717) is 6.04 Å². The molecule has 0 aliphatic carbocycles. The monoisotopic (exact) mass is 249 g/mol. The second-order valence-electron chi connectivity index (χ2n) is 5.20. The Morgan fingerprint density at radius 2 is 1.94 bits per heavy atom. The van der Waals surface area contributed by atoms with Crippen LogP contribution in [0.1, 0.15) is 19.4 Å². The van der Waals surface area contributed by atoms with Gasteiger partial charge in [-0.25, -0.2) is 0 Å². The van der Waals surface area contributed by atoms with Crippen molar-refractivity contribution >= 4 is 5.69 Å². The van der Waals surface area contributed by atoms with Crippen molar-refractivity contribution in [1.82, 2.24) is 10.2 Å². The molecule has 18 heavy (non-hydrogen) atoms. The maximum atomic E-state index is 3.57. The standard InChI is InChI=1S/C15H27N3/c1-6-18(5)12-13(2)16-11-14-8-7-9-15(10-14)17(3)4/h7-10,13,16H,6,11-12H2,1-5H3. The summed E-state index contributed by atoms with van der Waals surface area (Å²) in [5.41, 5.74) is 2.60. The molecule has 0 spiro atoms. The van der Waals surface area contributed by atoms with E-state index < -0.39 is 0 Å². The topological polar surface area (TPSA) is 18.5 Å². The minimum atomic E-state index is 0.512. The quantitative estimate of drug-likeness (QED) is 0.799. The minimum absolute atomic E-state index is 0.512. The van der Waals surface area contributed by atoms with Gasteiger partial charge in [-0.15, -0.1) is 0 Å². The maximum Gasteiger partial charge on any atom is 0.0364 e.